The van der Waals surface area contributed by atoms with Gasteiger partial charge < -0.3 is 9.84 Å². The molecule has 0 aliphatic heterocycles. The van der Waals surface area contributed by atoms with Gasteiger partial charge in [0.2, 0.25) is 0 Å². The zero-order valence-electron chi connectivity index (χ0n) is 9.35. The molecule has 0 amide bonds. The van der Waals surface area contributed by atoms with E-state index in [0.29, 0.717) is 18.2 Å². The number of aromatic nitrogens is 2. The van der Waals surface area contributed by atoms with Crippen LogP contribution in [0.5, 0.6) is 0 Å². The number of rotatable bonds is 5. The van der Waals surface area contributed by atoms with Crippen molar-refractivity contribution < 1.29 is 14.6 Å². The van der Waals surface area contributed by atoms with Crippen LogP contribution in [0.1, 0.15) is 35.9 Å². The molecule has 0 unspecified atom stereocenters. The minimum absolute atomic E-state index is 0.0981. The maximum absolute atomic E-state index is 11.4. The van der Waals surface area contributed by atoms with Gasteiger partial charge in [0.1, 0.15) is 0 Å². The van der Waals surface area contributed by atoms with Crippen LogP contribution in [-0.4, -0.2) is 27.5 Å². The number of nitrogens with zero attached hydrogens (tertiary/aromatic N) is 2. The summed E-state index contributed by atoms with van der Waals surface area (Å²) in [5.74, 6) is 0.229. The molecule has 0 spiro atoms. The van der Waals surface area contributed by atoms with Crippen molar-refractivity contribution in [1.82, 2.24) is 9.78 Å². The molecule has 1 aromatic heterocycles. The van der Waals surface area contributed by atoms with Crippen molar-refractivity contribution in [3.63, 3.8) is 0 Å². The zero-order valence-corrected chi connectivity index (χ0v) is 9.35. The van der Waals surface area contributed by atoms with Crippen molar-refractivity contribution in [3.05, 3.63) is 17.5 Å². The first kappa shape index (κ1) is 11.1. The highest BCUT2D eigenvalue weighted by molar-refractivity contribution is 5.87. The van der Waals surface area contributed by atoms with Crippen molar-refractivity contribution >= 4 is 5.97 Å². The van der Waals surface area contributed by atoms with Crippen molar-refractivity contribution in [2.24, 2.45) is 5.92 Å². The van der Waals surface area contributed by atoms with Crippen molar-refractivity contribution in [3.8, 4) is 0 Å². The van der Waals surface area contributed by atoms with Gasteiger partial charge in [-0.05, 0) is 31.7 Å². The Kier molecular flexibility index (Phi) is 3.24. The minimum Gasteiger partial charge on any atom is -0.461 e. The van der Waals surface area contributed by atoms with Gasteiger partial charge in [0.05, 0.1) is 18.9 Å². The average molecular weight is 224 g/mol. The van der Waals surface area contributed by atoms with E-state index >= 15 is 0 Å². The molecule has 1 aliphatic carbocycles. The standard InChI is InChI=1S/C11H16N2O3/c1-2-16-11(15)10-5-9(7-14)13(12-10)6-8-3-4-8/h5,8,14H,2-4,6-7H2,1H3. The predicted octanol–water partition coefficient (Wildman–Crippen LogP) is 0.962. The van der Waals surface area contributed by atoms with Crippen LogP contribution in [0.15, 0.2) is 6.07 Å². The molecular formula is C11H16N2O3. The highest BCUT2D eigenvalue weighted by Crippen LogP contribution is 2.30. The van der Waals surface area contributed by atoms with E-state index < -0.39 is 5.97 Å². The fourth-order valence-corrected chi connectivity index (χ4v) is 1.59. The molecule has 1 saturated carbocycles. The first-order valence-corrected chi connectivity index (χ1v) is 5.59. The molecule has 0 aromatic carbocycles. The van der Waals surface area contributed by atoms with E-state index in [1.165, 1.54) is 12.8 Å². The van der Waals surface area contributed by atoms with Gasteiger partial charge in [-0.1, -0.05) is 0 Å². The predicted molar refractivity (Wildman–Crippen MR) is 56.8 cm³/mol. The Bertz CT molecular complexity index is 383. The number of carbonyl (C=O) groups excluding carboxylic acids is 1. The molecule has 1 heterocycles. The van der Waals surface area contributed by atoms with Gasteiger partial charge in [-0.15, -0.1) is 0 Å². The number of carbonyl (C=O) groups is 1. The number of ether oxygens (including phenoxy) is 1. The van der Waals surface area contributed by atoms with Crippen molar-refractivity contribution in [1.29, 1.82) is 0 Å². The monoisotopic (exact) mass is 224 g/mol. The van der Waals surface area contributed by atoms with Gasteiger partial charge >= 0.3 is 5.97 Å². The van der Waals surface area contributed by atoms with Crippen LogP contribution in [0.3, 0.4) is 0 Å². The second kappa shape index (κ2) is 4.65. The molecule has 5 heteroatoms. The molecule has 2 rings (SSSR count). The molecule has 1 N–H and O–H groups in total. The Morgan fingerprint density at radius 3 is 3.00 bits per heavy atom. The molecule has 0 bridgehead atoms. The Labute approximate surface area is 94.0 Å². The third-order valence-electron chi connectivity index (χ3n) is 2.64. The van der Waals surface area contributed by atoms with Gasteiger partial charge in [0.15, 0.2) is 5.69 Å². The van der Waals surface area contributed by atoms with E-state index in [9.17, 15) is 4.79 Å². The first-order valence-electron chi connectivity index (χ1n) is 5.59. The largest absolute Gasteiger partial charge is 0.461 e. The van der Waals surface area contributed by atoms with Crippen LogP contribution in [0.2, 0.25) is 0 Å². The summed E-state index contributed by atoms with van der Waals surface area (Å²) in [6.07, 6.45) is 2.42. The first-order chi connectivity index (χ1) is 7.74. The molecule has 0 atom stereocenters. The maximum Gasteiger partial charge on any atom is 0.358 e. The van der Waals surface area contributed by atoms with Crippen LogP contribution >= 0.6 is 0 Å². The van der Waals surface area contributed by atoms with E-state index in [-0.39, 0.29) is 12.3 Å². The summed E-state index contributed by atoms with van der Waals surface area (Å²) in [7, 11) is 0. The second-order valence-corrected chi connectivity index (χ2v) is 4.02. The van der Waals surface area contributed by atoms with Crippen molar-refractivity contribution in [2.75, 3.05) is 6.61 Å². The maximum atomic E-state index is 11.4. The Morgan fingerprint density at radius 2 is 2.44 bits per heavy atom. The van der Waals surface area contributed by atoms with Crippen LogP contribution in [0, 0.1) is 5.92 Å². The summed E-state index contributed by atoms with van der Waals surface area (Å²) in [4.78, 5) is 11.4. The normalized spacial score (nSPS) is 15.1. The Balaban J connectivity index is 2.13. The SMILES string of the molecule is CCOC(=O)c1cc(CO)n(CC2CC2)n1. The summed E-state index contributed by atoms with van der Waals surface area (Å²) in [5, 5.41) is 13.3. The number of aliphatic hydroxyl groups excluding tert-OH is 1. The third-order valence-corrected chi connectivity index (χ3v) is 2.64. The number of hydrogen-bond acceptors (Lipinski definition) is 4. The van der Waals surface area contributed by atoms with Gasteiger partial charge in [-0.3, -0.25) is 4.68 Å². The number of esters is 1. The zero-order chi connectivity index (χ0) is 11.5. The summed E-state index contributed by atoms with van der Waals surface area (Å²) >= 11 is 0. The lowest BCUT2D eigenvalue weighted by Gasteiger charge is -2.02. The summed E-state index contributed by atoms with van der Waals surface area (Å²) in [6, 6.07) is 1.60. The molecule has 0 radical (unpaired) electrons. The molecule has 88 valence electrons. The van der Waals surface area contributed by atoms with E-state index in [0.717, 1.165) is 6.54 Å². The smallest absolute Gasteiger partial charge is 0.358 e. The van der Waals surface area contributed by atoms with Gasteiger partial charge in [0.25, 0.3) is 0 Å². The van der Waals surface area contributed by atoms with Crippen LogP contribution in [0.25, 0.3) is 0 Å². The van der Waals surface area contributed by atoms with Gasteiger partial charge in [-0.2, -0.15) is 5.10 Å². The summed E-state index contributed by atoms with van der Waals surface area (Å²) < 4.78 is 6.58. The lowest BCUT2D eigenvalue weighted by molar-refractivity contribution is 0.0518. The molecule has 1 aromatic rings. The highest BCUT2D eigenvalue weighted by atomic mass is 16.5. The van der Waals surface area contributed by atoms with E-state index in [4.69, 9.17) is 9.84 Å². The van der Waals surface area contributed by atoms with E-state index in [2.05, 4.69) is 5.10 Å². The fraction of sp³-hybridized carbons (Fsp3) is 0.636. The Hall–Kier alpha value is -1.36. The van der Waals surface area contributed by atoms with E-state index in [1.807, 2.05) is 0 Å². The molecule has 1 aliphatic rings. The van der Waals surface area contributed by atoms with Crippen LogP contribution in [-0.2, 0) is 17.9 Å². The minimum atomic E-state index is -0.424. The molecule has 5 nitrogen and oxygen atoms in total. The van der Waals surface area contributed by atoms with Crippen LogP contribution < -0.4 is 0 Å². The van der Waals surface area contributed by atoms with Crippen molar-refractivity contribution in [2.45, 2.75) is 32.9 Å². The van der Waals surface area contributed by atoms with E-state index in [1.54, 1.807) is 17.7 Å². The average Bonchev–Trinajstić information content (AvgIpc) is 2.97. The third kappa shape index (κ3) is 2.41. The number of hydrogen-bond donors (Lipinski definition) is 1. The summed E-state index contributed by atoms with van der Waals surface area (Å²) in [6.45, 7) is 2.78. The molecule has 16 heavy (non-hydrogen) atoms. The molecule has 1 fully saturated rings. The Morgan fingerprint density at radius 1 is 1.69 bits per heavy atom. The summed E-state index contributed by atoms with van der Waals surface area (Å²) in [5.41, 5.74) is 0.960. The van der Waals surface area contributed by atoms with Crippen LogP contribution in [0.4, 0.5) is 0 Å². The van der Waals surface area contributed by atoms with Gasteiger partial charge in [-0.25, -0.2) is 4.79 Å². The second-order valence-electron chi connectivity index (χ2n) is 4.02. The highest BCUT2D eigenvalue weighted by Gasteiger charge is 2.24. The molecule has 0 saturated heterocycles. The lowest BCUT2D eigenvalue weighted by Crippen LogP contribution is -2.09. The molecular weight excluding hydrogens is 208 g/mol. The quantitative estimate of drug-likeness (QED) is 0.757. The lowest BCUT2D eigenvalue weighted by atomic mass is 10.3. The van der Waals surface area contributed by atoms with Gasteiger partial charge in [0, 0.05) is 6.54 Å². The topological polar surface area (TPSA) is 64.3 Å². The number of aliphatic hydroxyl groups is 1. The fourth-order valence-electron chi connectivity index (χ4n) is 1.59.